The second-order valence-electron chi connectivity index (χ2n) is 4.31. The lowest BCUT2D eigenvalue weighted by Crippen LogP contribution is -2.03. The zero-order chi connectivity index (χ0) is 14.5. The van der Waals surface area contributed by atoms with Crippen molar-refractivity contribution in [1.29, 1.82) is 0 Å². The van der Waals surface area contributed by atoms with E-state index in [2.05, 4.69) is 15.9 Å². The van der Waals surface area contributed by atoms with Gasteiger partial charge in [0, 0.05) is 5.56 Å². The van der Waals surface area contributed by atoms with Crippen molar-refractivity contribution >= 4 is 27.5 Å². The molecule has 0 aromatic heterocycles. The van der Waals surface area contributed by atoms with Crippen LogP contribution >= 0.6 is 27.5 Å². The van der Waals surface area contributed by atoms with Gasteiger partial charge in [-0.1, -0.05) is 29.8 Å². The van der Waals surface area contributed by atoms with Crippen LogP contribution in [-0.2, 0) is 13.0 Å². The van der Waals surface area contributed by atoms with E-state index in [1.165, 1.54) is 6.07 Å². The van der Waals surface area contributed by atoms with Gasteiger partial charge in [-0.2, -0.15) is 0 Å². The van der Waals surface area contributed by atoms with Crippen molar-refractivity contribution in [3.05, 3.63) is 62.8 Å². The Hall–Kier alpha value is -1.10. The molecular weight excluding hydrogens is 345 g/mol. The predicted molar refractivity (Wildman–Crippen MR) is 82.6 cm³/mol. The van der Waals surface area contributed by atoms with Crippen molar-refractivity contribution < 1.29 is 9.13 Å². The third-order valence-corrected chi connectivity index (χ3v) is 3.89. The third-order valence-electron chi connectivity index (χ3n) is 2.84. The molecule has 2 aromatic carbocycles. The number of ether oxygens (including phenoxy) is 1. The maximum atomic E-state index is 13.3. The van der Waals surface area contributed by atoms with Gasteiger partial charge in [-0.3, -0.25) is 0 Å². The monoisotopic (exact) mass is 357 g/mol. The molecule has 0 amide bonds. The fourth-order valence-electron chi connectivity index (χ4n) is 1.80. The molecule has 106 valence electrons. The molecule has 0 bridgehead atoms. The SMILES string of the molecule is NCCc1ccc(OCc2cccc(F)c2Cl)c(Br)c1. The minimum Gasteiger partial charge on any atom is -0.488 e. The normalized spacial score (nSPS) is 10.6. The number of benzene rings is 2. The van der Waals surface area contributed by atoms with E-state index in [4.69, 9.17) is 22.1 Å². The molecule has 2 rings (SSSR count). The topological polar surface area (TPSA) is 35.2 Å². The van der Waals surface area contributed by atoms with E-state index in [1.54, 1.807) is 12.1 Å². The second kappa shape index (κ2) is 7.07. The third kappa shape index (κ3) is 3.72. The first-order chi connectivity index (χ1) is 9.61. The Morgan fingerprint density at radius 3 is 2.75 bits per heavy atom. The standard InChI is InChI=1S/C15H14BrClFNO/c16-12-8-10(6-7-19)4-5-14(12)20-9-11-2-1-3-13(18)15(11)17/h1-5,8H,6-7,9,19H2. The van der Waals surface area contributed by atoms with Crippen LogP contribution in [0.1, 0.15) is 11.1 Å². The zero-order valence-corrected chi connectivity index (χ0v) is 13.0. The van der Waals surface area contributed by atoms with Crippen LogP contribution in [0.4, 0.5) is 4.39 Å². The maximum Gasteiger partial charge on any atom is 0.142 e. The molecule has 2 aromatic rings. The van der Waals surface area contributed by atoms with Crippen molar-refractivity contribution in [2.45, 2.75) is 13.0 Å². The summed E-state index contributed by atoms with van der Waals surface area (Å²) >= 11 is 9.34. The molecule has 0 aliphatic rings. The van der Waals surface area contributed by atoms with E-state index in [0.29, 0.717) is 17.9 Å². The number of halogens is 3. The van der Waals surface area contributed by atoms with Crippen LogP contribution in [0.2, 0.25) is 5.02 Å². The van der Waals surface area contributed by atoms with Gasteiger partial charge in [-0.25, -0.2) is 4.39 Å². The largest absolute Gasteiger partial charge is 0.488 e. The van der Waals surface area contributed by atoms with Gasteiger partial charge in [0.25, 0.3) is 0 Å². The Morgan fingerprint density at radius 1 is 1.25 bits per heavy atom. The highest BCUT2D eigenvalue weighted by atomic mass is 79.9. The van der Waals surface area contributed by atoms with Gasteiger partial charge in [0.2, 0.25) is 0 Å². The van der Waals surface area contributed by atoms with Crippen molar-refractivity contribution in [2.75, 3.05) is 6.54 Å². The van der Waals surface area contributed by atoms with E-state index >= 15 is 0 Å². The van der Waals surface area contributed by atoms with E-state index in [-0.39, 0.29) is 11.6 Å². The molecule has 0 aliphatic heterocycles. The van der Waals surface area contributed by atoms with E-state index < -0.39 is 5.82 Å². The quantitative estimate of drug-likeness (QED) is 0.864. The molecule has 0 saturated heterocycles. The molecule has 0 saturated carbocycles. The molecule has 0 radical (unpaired) electrons. The molecule has 0 unspecified atom stereocenters. The lowest BCUT2D eigenvalue weighted by Gasteiger charge is -2.11. The highest BCUT2D eigenvalue weighted by molar-refractivity contribution is 9.10. The fraction of sp³-hybridized carbons (Fsp3) is 0.200. The number of nitrogens with two attached hydrogens (primary N) is 1. The highest BCUT2D eigenvalue weighted by Crippen LogP contribution is 2.28. The maximum absolute atomic E-state index is 13.3. The van der Waals surface area contributed by atoms with E-state index in [1.807, 2.05) is 18.2 Å². The Balaban J connectivity index is 2.09. The predicted octanol–water partition coefficient (Wildman–Crippen LogP) is 4.32. The van der Waals surface area contributed by atoms with Crippen LogP contribution in [0.25, 0.3) is 0 Å². The summed E-state index contributed by atoms with van der Waals surface area (Å²) in [6.07, 6.45) is 0.814. The summed E-state index contributed by atoms with van der Waals surface area (Å²) in [4.78, 5) is 0. The molecule has 0 fully saturated rings. The van der Waals surface area contributed by atoms with Crippen molar-refractivity contribution in [3.63, 3.8) is 0 Å². The molecule has 2 N–H and O–H groups in total. The minimum atomic E-state index is -0.440. The Kier molecular flexibility index (Phi) is 5.40. The first-order valence-corrected chi connectivity index (χ1v) is 7.33. The average molecular weight is 359 g/mol. The van der Waals surface area contributed by atoms with Crippen LogP contribution in [-0.4, -0.2) is 6.54 Å². The summed E-state index contributed by atoms with van der Waals surface area (Å²) in [6, 6.07) is 10.5. The van der Waals surface area contributed by atoms with Gasteiger partial charge in [0.15, 0.2) is 0 Å². The Labute approximate surface area is 130 Å². The van der Waals surface area contributed by atoms with Gasteiger partial charge in [0.1, 0.15) is 18.2 Å². The van der Waals surface area contributed by atoms with Gasteiger partial charge >= 0.3 is 0 Å². The van der Waals surface area contributed by atoms with Gasteiger partial charge in [-0.15, -0.1) is 0 Å². The molecule has 0 heterocycles. The van der Waals surface area contributed by atoms with Crippen molar-refractivity contribution in [1.82, 2.24) is 0 Å². The smallest absolute Gasteiger partial charge is 0.142 e. The Morgan fingerprint density at radius 2 is 2.05 bits per heavy atom. The zero-order valence-electron chi connectivity index (χ0n) is 10.7. The number of hydrogen-bond donors (Lipinski definition) is 1. The molecule has 5 heteroatoms. The first-order valence-electron chi connectivity index (χ1n) is 6.16. The van der Waals surface area contributed by atoms with Gasteiger partial charge in [0.05, 0.1) is 9.50 Å². The van der Waals surface area contributed by atoms with Crippen molar-refractivity contribution in [2.24, 2.45) is 5.73 Å². The molecule has 0 spiro atoms. The summed E-state index contributed by atoms with van der Waals surface area (Å²) < 4.78 is 19.8. The summed E-state index contributed by atoms with van der Waals surface area (Å²) in [5.41, 5.74) is 7.27. The van der Waals surface area contributed by atoms with Crippen LogP contribution in [0.15, 0.2) is 40.9 Å². The molecule has 20 heavy (non-hydrogen) atoms. The molecule has 0 aliphatic carbocycles. The summed E-state index contributed by atoms with van der Waals surface area (Å²) in [7, 11) is 0. The fourth-order valence-corrected chi connectivity index (χ4v) is 2.52. The van der Waals surface area contributed by atoms with Crippen LogP contribution in [0.5, 0.6) is 5.75 Å². The van der Waals surface area contributed by atoms with Crippen LogP contribution < -0.4 is 10.5 Å². The van der Waals surface area contributed by atoms with Crippen LogP contribution in [0, 0.1) is 5.82 Å². The average Bonchev–Trinajstić information content (AvgIpc) is 2.42. The van der Waals surface area contributed by atoms with Gasteiger partial charge in [-0.05, 0) is 52.7 Å². The second-order valence-corrected chi connectivity index (χ2v) is 5.54. The lowest BCUT2D eigenvalue weighted by atomic mass is 10.1. The number of rotatable bonds is 5. The molecular formula is C15H14BrClFNO. The molecule has 2 nitrogen and oxygen atoms in total. The lowest BCUT2D eigenvalue weighted by molar-refractivity contribution is 0.303. The Bertz CT molecular complexity index is 606. The number of hydrogen-bond acceptors (Lipinski definition) is 2. The summed E-state index contributed by atoms with van der Waals surface area (Å²) in [5, 5.41) is 0.100. The van der Waals surface area contributed by atoms with E-state index in [0.717, 1.165) is 16.5 Å². The summed E-state index contributed by atoms with van der Waals surface area (Å²) in [6.45, 7) is 0.816. The highest BCUT2D eigenvalue weighted by Gasteiger charge is 2.08. The molecule has 0 atom stereocenters. The first kappa shape index (κ1) is 15.3. The minimum absolute atomic E-state index is 0.100. The van der Waals surface area contributed by atoms with E-state index in [9.17, 15) is 4.39 Å². The van der Waals surface area contributed by atoms with Crippen LogP contribution in [0.3, 0.4) is 0 Å². The van der Waals surface area contributed by atoms with Crippen molar-refractivity contribution in [3.8, 4) is 5.75 Å². The van der Waals surface area contributed by atoms with Gasteiger partial charge < -0.3 is 10.5 Å². The summed E-state index contributed by atoms with van der Waals surface area (Å²) in [5.74, 6) is 0.247.